The second-order valence-corrected chi connectivity index (χ2v) is 7.14. The van der Waals surface area contributed by atoms with Gasteiger partial charge in [-0.15, -0.1) is 0 Å². The summed E-state index contributed by atoms with van der Waals surface area (Å²) in [6.45, 7) is 4.99. The average molecular weight is 361 g/mol. The minimum atomic E-state index is 0.670. The van der Waals surface area contributed by atoms with Gasteiger partial charge >= 0.3 is 0 Å². The number of fused-ring (bicyclic) bond motifs is 1. The molecule has 0 saturated carbocycles. The number of H-pyrrole nitrogens is 1. The molecule has 0 amide bonds. The molecule has 24 heavy (non-hydrogen) atoms. The highest BCUT2D eigenvalue weighted by atomic mass is 35.5. The van der Waals surface area contributed by atoms with Crippen LogP contribution in [0, 0.1) is 13.8 Å². The molecular formula is C20H22Cl2N2. The highest BCUT2D eigenvalue weighted by Crippen LogP contribution is 2.40. The summed E-state index contributed by atoms with van der Waals surface area (Å²) in [5, 5.41) is 2.62. The van der Waals surface area contributed by atoms with E-state index in [0.717, 1.165) is 36.0 Å². The minimum Gasteiger partial charge on any atom is -0.354 e. The van der Waals surface area contributed by atoms with E-state index in [9.17, 15) is 0 Å². The normalized spacial score (nSPS) is 11.4. The van der Waals surface area contributed by atoms with Crippen molar-refractivity contribution in [2.75, 3.05) is 6.54 Å². The van der Waals surface area contributed by atoms with Gasteiger partial charge in [0, 0.05) is 16.5 Å². The smallest absolute Gasteiger partial charge is 0.0527 e. The fraction of sp³-hybridized carbons (Fsp3) is 0.300. The minimum absolute atomic E-state index is 0.670. The number of halogens is 2. The van der Waals surface area contributed by atoms with Crippen molar-refractivity contribution in [1.29, 1.82) is 0 Å². The van der Waals surface area contributed by atoms with Crippen LogP contribution >= 0.6 is 23.2 Å². The zero-order valence-corrected chi connectivity index (χ0v) is 15.6. The maximum absolute atomic E-state index is 6.47. The average Bonchev–Trinajstić information content (AvgIpc) is 2.86. The molecule has 0 saturated heterocycles. The van der Waals surface area contributed by atoms with E-state index in [-0.39, 0.29) is 0 Å². The van der Waals surface area contributed by atoms with Crippen LogP contribution in [0.1, 0.15) is 29.5 Å². The first-order chi connectivity index (χ1) is 11.5. The number of aromatic amines is 1. The second kappa shape index (κ2) is 7.18. The van der Waals surface area contributed by atoms with Crippen molar-refractivity contribution in [3.8, 4) is 11.3 Å². The molecule has 1 heterocycles. The molecule has 0 aliphatic carbocycles. The number of nitrogens with two attached hydrogens (primary N) is 1. The van der Waals surface area contributed by atoms with Crippen molar-refractivity contribution in [1.82, 2.24) is 4.98 Å². The molecule has 3 aromatic rings. The van der Waals surface area contributed by atoms with Crippen LogP contribution in [0.3, 0.4) is 0 Å². The van der Waals surface area contributed by atoms with Crippen molar-refractivity contribution >= 4 is 34.1 Å². The standard InChI is InChI=1S/C20H22Cl2N2/c1-12-10-13(2)18-14(6-3-4-9-23)20(24-17(18)11-12)19-15(21)7-5-8-16(19)22/h5,7-8,10-11,24H,3-4,6,9,23H2,1-2H3. The van der Waals surface area contributed by atoms with Crippen LogP contribution in [-0.2, 0) is 6.42 Å². The number of rotatable bonds is 5. The molecule has 2 nitrogen and oxygen atoms in total. The van der Waals surface area contributed by atoms with Crippen molar-refractivity contribution in [2.45, 2.75) is 33.1 Å². The predicted octanol–water partition coefficient (Wildman–Crippen LogP) is 6.04. The summed E-state index contributed by atoms with van der Waals surface area (Å²) in [7, 11) is 0. The van der Waals surface area contributed by atoms with Crippen LogP contribution in [0.5, 0.6) is 0 Å². The van der Waals surface area contributed by atoms with Crippen molar-refractivity contribution in [3.63, 3.8) is 0 Å². The molecule has 3 rings (SSSR count). The lowest BCUT2D eigenvalue weighted by Crippen LogP contribution is -1.99. The summed E-state index contributed by atoms with van der Waals surface area (Å²) in [5.41, 5.74) is 12.5. The van der Waals surface area contributed by atoms with Crippen LogP contribution in [-0.4, -0.2) is 11.5 Å². The Kier molecular flexibility index (Phi) is 5.19. The Morgan fingerprint density at radius 2 is 1.75 bits per heavy atom. The van der Waals surface area contributed by atoms with Gasteiger partial charge in [-0.3, -0.25) is 0 Å². The quantitative estimate of drug-likeness (QED) is 0.535. The van der Waals surface area contributed by atoms with Crippen LogP contribution in [0.2, 0.25) is 10.0 Å². The molecule has 0 fully saturated rings. The van der Waals surface area contributed by atoms with E-state index >= 15 is 0 Å². The number of benzene rings is 2. The zero-order chi connectivity index (χ0) is 17.3. The molecular weight excluding hydrogens is 339 g/mol. The van der Waals surface area contributed by atoms with Crippen LogP contribution < -0.4 is 5.73 Å². The molecule has 0 spiro atoms. The fourth-order valence-electron chi connectivity index (χ4n) is 3.45. The van der Waals surface area contributed by atoms with E-state index in [4.69, 9.17) is 28.9 Å². The molecule has 0 radical (unpaired) electrons. The van der Waals surface area contributed by atoms with E-state index < -0.39 is 0 Å². The third-order valence-corrected chi connectivity index (χ3v) is 5.07. The van der Waals surface area contributed by atoms with E-state index in [1.54, 1.807) is 0 Å². The summed E-state index contributed by atoms with van der Waals surface area (Å²) in [6, 6.07) is 10.1. The van der Waals surface area contributed by atoms with Crippen LogP contribution in [0.15, 0.2) is 30.3 Å². The molecule has 0 atom stereocenters. The van der Waals surface area contributed by atoms with Gasteiger partial charge in [-0.1, -0.05) is 35.3 Å². The molecule has 2 aromatic carbocycles. The first kappa shape index (κ1) is 17.3. The van der Waals surface area contributed by atoms with Crippen LogP contribution in [0.4, 0.5) is 0 Å². The van der Waals surface area contributed by atoms with Gasteiger partial charge in [0.05, 0.1) is 15.7 Å². The van der Waals surface area contributed by atoms with E-state index in [0.29, 0.717) is 16.6 Å². The van der Waals surface area contributed by atoms with Crippen molar-refractivity contribution < 1.29 is 0 Å². The van der Waals surface area contributed by atoms with E-state index in [1.165, 1.54) is 22.1 Å². The SMILES string of the molecule is Cc1cc(C)c2c(CCCCN)c(-c3c(Cl)cccc3Cl)[nH]c2c1. The lowest BCUT2D eigenvalue weighted by Gasteiger charge is -2.10. The van der Waals surface area contributed by atoms with Crippen molar-refractivity contribution in [2.24, 2.45) is 5.73 Å². The van der Waals surface area contributed by atoms with Gasteiger partial charge < -0.3 is 10.7 Å². The predicted molar refractivity (Wildman–Crippen MR) is 105 cm³/mol. The monoisotopic (exact) mass is 360 g/mol. The second-order valence-electron chi connectivity index (χ2n) is 6.33. The zero-order valence-electron chi connectivity index (χ0n) is 14.0. The topological polar surface area (TPSA) is 41.8 Å². The maximum atomic E-state index is 6.47. The van der Waals surface area contributed by atoms with Gasteiger partial charge in [0.2, 0.25) is 0 Å². The van der Waals surface area contributed by atoms with Gasteiger partial charge in [0.15, 0.2) is 0 Å². The summed E-state index contributed by atoms with van der Waals surface area (Å²) in [6.07, 6.45) is 3.01. The van der Waals surface area contributed by atoms with E-state index in [1.807, 2.05) is 18.2 Å². The molecule has 0 aliphatic rings. The van der Waals surface area contributed by atoms with Gasteiger partial charge in [-0.25, -0.2) is 0 Å². The number of aryl methyl sites for hydroxylation is 3. The van der Waals surface area contributed by atoms with Gasteiger partial charge in [0.25, 0.3) is 0 Å². The highest BCUT2D eigenvalue weighted by Gasteiger charge is 2.19. The molecule has 126 valence electrons. The summed E-state index contributed by atoms with van der Waals surface area (Å²) in [4.78, 5) is 3.57. The molecule has 3 N–H and O–H groups in total. The summed E-state index contributed by atoms with van der Waals surface area (Å²) >= 11 is 12.9. The third kappa shape index (κ3) is 3.19. The number of hydrogen-bond donors (Lipinski definition) is 2. The Morgan fingerprint density at radius 3 is 2.42 bits per heavy atom. The molecule has 4 heteroatoms. The maximum Gasteiger partial charge on any atom is 0.0527 e. The largest absolute Gasteiger partial charge is 0.354 e. The Labute approximate surface area is 153 Å². The molecule has 0 unspecified atom stereocenters. The Bertz CT molecular complexity index is 861. The number of aromatic nitrogens is 1. The molecule has 1 aromatic heterocycles. The van der Waals surface area contributed by atoms with Gasteiger partial charge in [-0.2, -0.15) is 0 Å². The Hall–Kier alpha value is -1.48. The highest BCUT2D eigenvalue weighted by molar-refractivity contribution is 6.39. The molecule has 0 aliphatic heterocycles. The third-order valence-electron chi connectivity index (χ3n) is 4.44. The van der Waals surface area contributed by atoms with E-state index in [2.05, 4.69) is 31.0 Å². The number of unbranched alkanes of at least 4 members (excludes halogenated alkanes) is 1. The summed E-state index contributed by atoms with van der Waals surface area (Å²) < 4.78 is 0. The molecule has 0 bridgehead atoms. The summed E-state index contributed by atoms with van der Waals surface area (Å²) in [5.74, 6) is 0. The number of nitrogens with one attached hydrogen (secondary N) is 1. The van der Waals surface area contributed by atoms with Crippen LogP contribution in [0.25, 0.3) is 22.2 Å². The first-order valence-corrected chi connectivity index (χ1v) is 9.04. The Balaban J connectivity index is 2.26. The van der Waals surface area contributed by atoms with Gasteiger partial charge in [0.1, 0.15) is 0 Å². The lowest BCUT2D eigenvalue weighted by molar-refractivity contribution is 0.748. The first-order valence-electron chi connectivity index (χ1n) is 8.29. The number of hydrogen-bond acceptors (Lipinski definition) is 1. The Morgan fingerprint density at radius 1 is 1.04 bits per heavy atom. The van der Waals surface area contributed by atoms with Crippen molar-refractivity contribution in [3.05, 3.63) is 57.1 Å². The fourth-order valence-corrected chi connectivity index (χ4v) is 4.03. The lowest BCUT2D eigenvalue weighted by atomic mass is 9.97. The van der Waals surface area contributed by atoms with Gasteiger partial charge in [-0.05, 0) is 74.5 Å².